The number of amides is 2. The van der Waals surface area contributed by atoms with Crippen molar-refractivity contribution in [3.8, 4) is 0 Å². The van der Waals surface area contributed by atoms with E-state index in [0.29, 0.717) is 11.3 Å². The number of halogens is 1. The maximum absolute atomic E-state index is 13.4. The first-order valence-corrected chi connectivity index (χ1v) is 9.99. The van der Waals surface area contributed by atoms with Crippen LogP contribution in [-0.4, -0.2) is 46.8 Å². The van der Waals surface area contributed by atoms with Crippen LogP contribution >= 0.6 is 0 Å². The van der Waals surface area contributed by atoms with Crippen LogP contribution < -0.4 is 4.90 Å². The second-order valence-electron chi connectivity index (χ2n) is 7.84. The summed E-state index contributed by atoms with van der Waals surface area (Å²) in [5, 5.41) is 0. The van der Waals surface area contributed by atoms with Crippen molar-refractivity contribution in [1.29, 1.82) is 0 Å². The van der Waals surface area contributed by atoms with Crippen molar-refractivity contribution in [2.45, 2.75) is 38.4 Å². The lowest BCUT2D eigenvalue weighted by molar-refractivity contribution is -0.157. The molecule has 0 radical (unpaired) electrons. The highest BCUT2D eigenvalue weighted by Crippen LogP contribution is 2.45. The number of hydrogen-bond donors (Lipinski definition) is 0. The summed E-state index contributed by atoms with van der Waals surface area (Å²) in [7, 11) is 0. The first-order chi connectivity index (χ1) is 14.8. The van der Waals surface area contributed by atoms with Gasteiger partial charge >= 0.3 is 5.97 Å². The smallest absolute Gasteiger partial charge is 0.354 e. The van der Waals surface area contributed by atoms with Crippen LogP contribution in [-0.2, 0) is 14.3 Å². The monoisotopic (exact) mass is 424 g/mol. The van der Waals surface area contributed by atoms with Crippen LogP contribution in [0.5, 0.6) is 0 Å². The summed E-state index contributed by atoms with van der Waals surface area (Å²) in [6.45, 7) is 2.92. The van der Waals surface area contributed by atoms with Crippen LogP contribution in [0.2, 0.25) is 0 Å². The van der Waals surface area contributed by atoms with Crippen molar-refractivity contribution >= 4 is 29.3 Å². The molecule has 2 aromatic rings. The lowest BCUT2D eigenvalue weighted by atomic mass is 9.95. The van der Waals surface area contributed by atoms with Crippen LogP contribution in [0.25, 0.3) is 0 Å². The van der Waals surface area contributed by atoms with Gasteiger partial charge in [-0.3, -0.25) is 19.3 Å². The van der Waals surface area contributed by atoms with Gasteiger partial charge in [0.1, 0.15) is 5.82 Å². The van der Waals surface area contributed by atoms with Gasteiger partial charge in [-0.2, -0.15) is 0 Å². The van der Waals surface area contributed by atoms with Gasteiger partial charge in [0.2, 0.25) is 11.6 Å². The Bertz CT molecular complexity index is 1080. The van der Waals surface area contributed by atoms with Crippen LogP contribution in [0.15, 0.2) is 48.5 Å². The van der Waals surface area contributed by atoms with Gasteiger partial charge < -0.3 is 9.64 Å². The van der Waals surface area contributed by atoms with Gasteiger partial charge in [0.05, 0.1) is 11.3 Å². The molecule has 1 unspecified atom stereocenters. The molecule has 7 nitrogen and oxygen atoms in total. The van der Waals surface area contributed by atoms with Crippen LogP contribution in [0.1, 0.15) is 47.4 Å². The molecule has 4 rings (SSSR count). The minimum absolute atomic E-state index is 0.0614. The summed E-state index contributed by atoms with van der Waals surface area (Å²) >= 11 is 0. The number of fused-ring (bicyclic) bond motifs is 3. The number of Topliss-reactive ketones (excluding diaryl/α,β-unsaturated/α-hetero) is 1. The van der Waals surface area contributed by atoms with Gasteiger partial charge in [-0.1, -0.05) is 12.1 Å². The summed E-state index contributed by atoms with van der Waals surface area (Å²) in [5.74, 6) is -2.52. The van der Waals surface area contributed by atoms with E-state index in [9.17, 15) is 23.6 Å². The van der Waals surface area contributed by atoms with Crippen LogP contribution in [0, 0.1) is 5.82 Å². The third-order valence-electron chi connectivity index (χ3n) is 5.64. The van der Waals surface area contributed by atoms with Gasteiger partial charge in [0, 0.05) is 24.4 Å². The van der Waals surface area contributed by atoms with Gasteiger partial charge in [-0.25, -0.2) is 9.18 Å². The van der Waals surface area contributed by atoms with E-state index in [1.807, 2.05) is 0 Å². The van der Waals surface area contributed by atoms with Crippen molar-refractivity contribution in [2.24, 2.45) is 0 Å². The number of ketones is 1. The van der Waals surface area contributed by atoms with E-state index in [1.54, 1.807) is 38.1 Å². The molecule has 160 valence electrons. The molecule has 0 aromatic heterocycles. The first-order valence-electron chi connectivity index (χ1n) is 9.99. The second-order valence-corrected chi connectivity index (χ2v) is 7.84. The third kappa shape index (κ3) is 3.19. The summed E-state index contributed by atoms with van der Waals surface area (Å²) in [6.07, 6.45) is 0.125. The SMILES string of the molecule is CC(C)N1C(=O)c2ccccc2N2C(=O)CCC21C(=O)OCC(=O)c1ccc(F)cc1. The quantitative estimate of drug-likeness (QED) is 0.544. The maximum atomic E-state index is 13.4. The minimum atomic E-state index is -1.65. The number of carbonyl (C=O) groups excluding carboxylic acids is 4. The molecule has 0 saturated carbocycles. The van der Waals surface area contributed by atoms with Crippen molar-refractivity contribution < 1.29 is 28.3 Å². The molecular formula is C23H21FN2O5. The van der Waals surface area contributed by atoms with E-state index in [-0.39, 0.29) is 30.2 Å². The Kier molecular flexibility index (Phi) is 5.08. The van der Waals surface area contributed by atoms with Crippen molar-refractivity contribution in [3.63, 3.8) is 0 Å². The molecule has 0 aliphatic carbocycles. The van der Waals surface area contributed by atoms with Crippen LogP contribution in [0.4, 0.5) is 10.1 Å². The summed E-state index contributed by atoms with van der Waals surface area (Å²) < 4.78 is 18.4. The van der Waals surface area contributed by atoms with Crippen molar-refractivity contribution in [3.05, 3.63) is 65.5 Å². The number of benzene rings is 2. The molecule has 2 aliphatic rings. The Morgan fingerprint density at radius 3 is 2.45 bits per heavy atom. The maximum Gasteiger partial charge on any atom is 0.354 e. The van der Waals surface area contributed by atoms with Crippen molar-refractivity contribution in [1.82, 2.24) is 4.90 Å². The Morgan fingerprint density at radius 2 is 1.77 bits per heavy atom. The number of hydrogen-bond acceptors (Lipinski definition) is 5. The summed E-state index contributed by atoms with van der Waals surface area (Å²) in [4.78, 5) is 54.6. The number of ether oxygens (including phenoxy) is 1. The molecule has 8 heteroatoms. The van der Waals surface area contributed by atoms with Gasteiger partial charge in [-0.05, 0) is 50.2 Å². The summed E-state index contributed by atoms with van der Waals surface area (Å²) in [6, 6.07) is 11.1. The van der Waals surface area contributed by atoms with Crippen LogP contribution in [0.3, 0.4) is 0 Å². The highest BCUT2D eigenvalue weighted by molar-refractivity contribution is 6.15. The predicted molar refractivity (Wildman–Crippen MR) is 109 cm³/mol. The van der Waals surface area contributed by atoms with Gasteiger partial charge in [-0.15, -0.1) is 0 Å². The number of esters is 1. The Hall–Kier alpha value is -3.55. The number of anilines is 1. The molecule has 0 bridgehead atoms. The number of para-hydroxylation sites is 1. The lowest BCUT2D eigenvalue weighted by Gasteiger charge is -2.50. The summed E-state index contributed by atoms with van der Waals surface area (Å²) in [5.41, 5.74) is -0.775. The van der Waals surface area contributed by atoms with E-state index in [0.717, 1.165) is 12.1 Å². The Labute approximate surface area is 178 Å². The Balaban J connectivity index is 1.69. The fraction of sp³-hybridized carbons (Fsp3) is 0.304. The second kappa shape index (κ2) is 7.61. The van der Waals surface area contributed by atoms with Gasteiger partial charge in [0.15, 0.2) is 12.4 Å². The zero-order valence-electron chi connectivity index (χ0n) is 17.1. The molecule has 31 heavy (non-hydrogen) atoms. The average Bonchev–Trinajstić information content (AvgIpc) is 3.10. The zero-order valence-corrected chi connectivity index (χ0v) is 17.1. The molecule has 2 amide bonds. The molecule has 2 aromatic carbocycles. The molecule has 0 N–H and O–H groups in total. The molecule has 1 atom stereocenters. The fourth-order valence-electron chi connectivity index (χ4n) is 4.34. The lowest BCUT2D eigenvalue weighted by Crippen LogP contribution is -2.70. The number of nitrogens with zero attached hydrogens (tertiary/aromatic N) is 2. The van der Waals surface area contributed by atoms with Gasteiger partial charge in [0.25, 0.3) is 5.91 Å². The predicted octanol–water partition coefficient (Wildman–Crippen LogP) is 2.94. The topological polar surface area (TPSA) is 84.0 Å². The van der Waals surface area contributed by atoms with E-state index < -0.39 is 35.9 Å². The standard InChI is InChI=1S/C23H21FN2O5/c1-14(2)25-21(29)17-5-3-4-6-18(17)26-20(28)11-12-23(25,26)22(30)31-13-19(27)15-7-9-16(24)10-8-15/h3-10,14H,11-13H2,1-2H3. The molecular weight excluding hydrogens is 403 g/mol. The molecule has 2 aliphatic heterocycles. The number of rotatable bonds is 5. The fourth-order valence-corrected chi connectivity index (χ4v) is 4.34. The normalized spacial score (nSPS) is 20.0. The molecule has 1 fully saturated rings. The average molecular weight is 424 g/mol. The zero-order chi connectivity index (χ0) is 22.3. The van der Waals surface area contributed by atoms with E-state index >= 15 is 0 Å². The first kappa shape index (κ1) is 20.7. The molecule has 0 spiro atoms. The largest absolute Gasteiger partial charge is 0.454 e. The Morgan fingerprint density at radius 1 is 1.10 bits per heavy atom. The van der Waals surface area contributed by atoms with Crippen molar-refractivity contribution in [2.75, 3.05) is 11.5 Å². The minimum Gasteiger partial charge on any atom is -0.454 e. The highest BCUT2D eigenvalue weighted by atomic mass is 19.1. The number of carbonyl (C=O) groups is 4. The van der Waals surface area contributed by atoms with E-state index in [1.165, 1.54) is 21.9 Å². The van der Waals surface area contributed by atoms with E-state index in [4.69, 9.17) is 4.74 Å². The van der Waals surface area contributed by atoms with E-state index in [2.05, 4.69) is 0 Å². The molecule has 2 heterocycles. The highest BCUT2D eigenvalue weighted by Gasteiger charge is 2.62. The molecule has 1 saturated heterocycles. The third-order valence-corrected chi connectivity index (χ3v) is 5.64.